The average molecular weight is 399 g/mol. The largest absolute Gasteiger partial charge is 0.434 e. The summed E-state index contributed by atoms with van der Waals surface area (Å²) in [6.45, 7) is 1.20. The van der Waals surface area contributed by atoms with Gasteiger partial charge in [0, 0.05) is 19.2 Å². The minimum Gasteiger partial charge on any atom is -0.324 e. The lowest BCUT2D eigenvalue weighted by Crippen LogP contribution is -2.27. The van der Waals surface area contributed by atoms with Crippen LogP contribution in [0.15, 0.2) is 24.8 Å². The van der Waals surface area contributed by atoms with E-state index in [1.165, 1.54) is 23.8 Å². The molecule has 3 rings (SSSR count). The summed E-state index contributed by atoms with van der Waals surface area (Å²) in [7, 11) is 0. The van der Waals surface area contributed by atoms with Gasteiger partial charge in [-0.3, -0.25) is 4.79 Å². The number of anilines is 1. The van der Waals surface area contributed by atoms with E-state index in [2.05, 4.69) is 15.4 Å². The van der Waals surface area contributed by atoms with Crippen molar-refractivity contribution in [1.29, 1.82) is 0 Å². The van der Waals surface area contributed by atoms with E-state index < -0.39 is 29.8 Å². The van der Waals surface area contributed by atoms with Crippen molar-refractivity contribution in [3.05, 3.63) is 30.5 Å². The van der Waals surface area contributed by atoms with Crippen LogP contribution in [0.3, 0.4) is 0 Å². The highest BCUT2D eigenvalue weighted by atomic mass is 19.4. The van der Waals surface area contributed by atoms with E-state index in [0.29, 0.717) is 6.42 Å². The lowest BCUT2D eigenvalue weighted by atomic mass is 9.97. The van der Waals surface area contributed by atoms with Gasteiger partial charge < -0.3 is 14.7 Å². The third kappa shape index (κ3) is 4.90. The normalized spacial score (nSPS) is 16.1. The zero-order valence-electron chi connectivity index (χ0n) is 15.1. The number of rotatable bonds is 6. The zero-order chi connectivity index (χ0) is 20.3. The Morgan fingerprint density at radius 1 is 1.36 bits per heavy atom. The minimum atomic E-state index is -4.58. The minimum absolute atomic E-state index is 0.124. The van der Waals surface area contributed by atoms with Gasteiger partial charge in [0.05, 0.1) is 12.5 Å². The average Bonchev–Trinajstić information content (AvgIpc) is 3.33. The molecule has 1 amide bonds. The number of imidazole rings is 1. The van der Waals surface area contributed by atoms with Crippen LogP contribution >= 0.6 is 0 Å². The maximum atomic E-state index is 12.9. The van der Waals surface area contributed by atoms with Crippen molar-refractivity contribution in [3.63, 3.8) is 0 Å². The van der Waals surface area contributed by atoms with Gasteiger partial charge >= 0.3 is 12.1 Å². The van der Waals surface area contributed by atoms with Crippen molar-refractivity contribution in [3.8, 4) is 0 Å². The SMILES string of the molecule is CC(=O)On1ccc(NC(=O)[C@H](CC2CCCC2)n2cnc(C(F)(F)F)c2)n1. The fourth-order valence-corrected chi connectivity index (χ4v) is 3.35. The summed E-state index contributed by atoms with van der Waals surface area (Å²) in [4.78, 5) is 32.8. The first-order valence-electron chi connectivity index (χ1n) is 8.88. The number of nitrogens with one attached hydrogen (secondary N) is 1. The second-order valence-electron chi connectivity index (χ2n) is 6.78. The van der Waals surface area contributed by atoms with Gasteiger partial charge in [-0.15, -0.1) is 5.10 Å². The van der Waals surface area contributed by atoms with E-state index in [0.717, 1.165) is 43.1 Å². The first kappa shape index (κ1) is 19.9. The van der Waals surface area contributed by atoms with Crippen molar-refractivity contribution in [2.75, 3.05) is 5.32 Å². The zero-order valence-corrected chi connectivity index (χ0v) is 15.1. The van der Waals surface area contributed by atoms with E-state index in [4.69, 9.17) is 4.84 Å². The Labute approximate surface area is 158 Å². The molecule has 0 radical (unpaired) electrons. The number of aromatic nitrogens is 4. The van der Waals surface area contributed by atoms with Crippen LogP contribution in [0.25, 0.3) is 0 Å². The van der Waals surface area contributed by atoms with Crippen LogP contribution < -0.4 is 10.2 Å². The maximum absolute atomic E-state index is 12.9. The molecule has 1 saturated carbocycles. The van der Waals surface area contributed by atoms with Crippen LogP contribution in [-0.4, -0.2) is 31.4 Å². The molecule has 0 bridgehead atoms. The summed E-state index contributed by atoms with van der Waals surface area (Å²) in [5.41, 5.74) is -1.05. The third-order valence-electron chi connectivity index (χ3n) is 4.63. The Hall–Kier alpha value is -2.85. The number of hydrogen-bond donors (Lipinski definition) is 1. The van der Waals surface area contributed by atoms with Gasteiger partial charge in [0.15, 0.2) is 11.5 Å². The van der Waals surface area contributed by atoms with Crippen LogP contribution in [0.4, 0.5) is 19.0 Å². The predicted molar refractivity (Wildman–Crippen MR) is 91.0 cm³/mol. The third-order valence-corrected chi connectivity index (χ3v) is 4.63. The Morgan fingerprint density at radius 2 is 2.07 bits per heavy atom. The van der Waals surface area contributed by atoms with E-state index in [1.54, 1.807) is 0 Å². The Balaban J connectivity index is 1.77. The molecule has 2 heterocycles. The molecule has 1 atom stereocenters. The molecule has 0 unspecified atom stereocenters. The molecule has 0 aromatic carbocycles. The second-order valence-corrected chi connectivity index (χ2v) is 6.78. The van der Waals surface area contributed by atoms with Gasteiger partial charge in [0.1, 0.15) is 6.04 Å². The maximum Gasteiger partial charge on any atom is 0.434 e. The van der Waals surface area contributed by atoms with Gasteiger partial charge in [-0.2, -0.15) is 13.2 Å². The summed E-state index contributed by atoms with van der Waals surface area (Å²) >= 11 is 0. The highest BCUT2D eigenvalue weighted by molar-refractivity contribution is 5.92. The predicted octanol–water partition coefficient (Wildman–Crippen LogP) is 2.83. The number of carbonyl (C=O) groups excluding carboxylic acids is 2. The molecule has 1 fully saturated rings. The van der Waals surface area contributed by atoms with Gasteiger partial charge in [0.2, 0.25) is 5.91 Å². The molecule has 152 valence electrons. The Bertz CT molecular complexity index is 839. The molecule has 2 aromatic heterocycles. The second kappa shape index (κ2) is 8.03. The van der Waals surface area contributed by atoms with E-state index in [9.17, 15) is 22.8 Å². The molecule has 1 N–H and O–H groups in total. The molecule has 8 nitrogen and oxygen atoms in total. The van der Waals surface area contributed by atoms with Crippen molar-refractivity contribution >= 4 is 17.7 Å². The lowest BCUT2D eigenvalue weighted by molar-refractivity contribution is -0.143. The number of amides is 1. The number of hydrogen-bond acceptors (Lipinski definition) is 5. The van der Waals surface area contributed by atoms with Crippen LogP contribution in [0.5, 0.6) is 0 Å². The molecule has 0 aliphatic heterocycles. The van der Waals surface area contributed by atoms with Gasteiger partial charge in [-0.05, 0) is 12.3 Å². The fourth-order valence-electron chi connectivity index (χ4n) is 3.35. The molecule has 2 aromatic rings. The summed E-state index contributed by atoms with van der Waals surface area (Å²) < 4.78 is 39.9. The first-order valence-corrected chi connectivity index (χ1v) is 8.88. The summed E-state index contributed by atoms with van der Waals surface area (Å²) in [5.74, 6) is -0.714. The van der Waals surface area contributed by atoms with Crippen molar-refractivity contribution in [1.82, 2.24) is 19.5 Å². The number of halogens is 3. The van der Waals surface area contributed by atoms with E-state index >= 15 is 0 Å². The number of carbonyl (C=O) groups is 2. The molecular formula is C17H20F3N5O3. The summed E-state index contributed by atoms with van der Waals surface area (Å²) in [6.07, 6.45) is 3.00. The Morgan fingerprint density at radius 3 is 2.68 bits per heavy atom. The molecule has 1 aliphatic rings. The van der Waals surface area contributed by atoms with Crippen LogP contribution in [0, 0.1) is 5.92 Å². The fraction of sp³-hybridized carbons (Fsp3) is 0.529. The van der Waals surface area contributed by atoms with E-state index in [1.807, 2.05) is 0 Å². The monoisotopic (exact) mass is 399 g/mol. The standard InChI is InChI=1S/C17H20F3N5O3/c1-11(26)28-25-7-6-15(23-25)22-16(27)13(8-12-4-2-3-5-12)24-9-14(21-10-24)17(18,19)20/h6-7,9-10,12-13H,2-5,8H2,1H3,(H,22,23,27)/t13-/m0/s1. The highest BCUT2D eigenvalue weighted by Crippen LogP contribution is 2.34. The van der Waals surface area contributed by atoms with Gasteiger partial charge in [-0.25, -0.2) is 9.78 Å². The molecule has 0 saturated heterocycles. The van der Waals surface area contributed by atoms with E-state index in [-0.39, 0.29) is 11.7 Å². The summed E-state index contributed by atoms with van der Waals surface area (Å²) in [6, 6.07) is 0.563. The van der Waals surface area contributed by atoms with Crippen molar-refractivity contribution in [2.24, 2.45) is 5.92 Å². The smallest absolute Gasteiger partial charge is 0.324 e. The summed E-state index contributed by atoms with van der Waals surface area (Å²) in [5, 5.41) is 6.44. The van der Waals surface area contributed by atoms with Crippen molar-refractivity contribution in [2.45, 2.75) is 51.2 Å². The first-order chi connectivity index (χ1) is 13.2. The lowest BCUT2D eigenvalue weighted by Gasteiger charge is -2.21. The van der Waals surface area contributed by atoms with Gasteiger partial charge in [-0.1, -0.05) is 30.5 Å². The van der Waals surface area contributed by atoms with Crippen LogP contribution in [0.2, 0.25) is 0 Å². The Kier molecular flexibility index (Phi) is 5.71. The molecular weight excluding hydrogens is 379 g/mol. The molecule has 0 spiro atoms. The molecule has 1 aliphatic carbocycles. The molecule has 11 heteroatoms. The topological polar surface area (TPSA) is 91.0 Å². The number of alkyl halides is 3. The quantitative estimate of drug-likeness (QED) is 0.807. The highest BCUT2D eigenvalue weighted by Gasteiger charge is 2.35. The molecule has 28 heavy (non-hydrogen) atoms. The van der Waals surface area contributed by atoms with Gasteiger partial charge in [0.25, 0.3) is 0 Å². The van der Waals surface area contributed by atoms with Crippen LogP contribution in [-0.2, 0) is 15.8 Å². The van der Waals surface area contributed by atoms with Crippen LogP contribution in [0.1, 0.15) is 50.8 Å². The number of nitrogens with zero attached hydrogens (tertiary/aromatic N) is 4. The van der Waals surface area contributed by atoms with Crippen molar-refractivity contribution < 1.29 is 27.6 Å².